The number of esters is 1. The van der Waals surface area contributed by atoms with Gasteiger partial charge in [0.05, 0.1) is 16.9 Å². The van der Waals surface area contributed by atoms with Gasteiger partial charge in [0.15, 0.2) is 0 Å². The second-order valence-corrected chi connectivity index (χ2v) is 9.72. The van der Waals surface area contributed by atoms with Crippen molar-refractivity contribution in [2.45, 2.75) is 19.4 Å². The molecule has 0 amide bonds. The lowest BCUT2D eigenvalue weighted by Crippen LogP contribution is -2.43. The molecule has 6 heteroatoms. The molecule has 0 unspecified atom stereocenters. The van der Waals surface area contributed by atoms with E-state index in [1.165, 1.54) is 18.9 Å². The van der Waals surface area contributed by atoms with E-state index >= 15 is 0 Å². The molecule has 0 bridgehead atoms. The predicted octanol–water partition coefficient (Wildman–Crippen LogP) is 5.95. The van der Waals surface area contributed by atoms with Crippen LogP contribution in [0.25, 0.3) is 10.5 Å². The first-order valence-electron chi connectivity index (χ1n) is 8.83. The Labute approximate surface area is 178 Å². The van der Waals surface area contributed by atoms with Crippen LogP contribution in [0.4, 0.5) is 5.69 Å². The van der Waals surface area contributed by atoms with Gasteiger partial charge in [-0.1, -0.05) is 84.3 Å². The van der Waals surface area contributed by atoms with E-state index in [2.05, 4.69) is 31.3 Å². The van der Waals surface area contributed by atoms with Crippen LogP contribution in [-0.4, -0.2) is 23.5 Å². The summed E-state index contributed by atoms with van der Waals surface area (Å²) >= 11 is 8.93. The van der Waals surface area contributed by atoms with Gasteiger partial charge in [-0.15, -0.1) is 0 Å². The normalized spacial score (nSPS) is 20.6. The highest BCUT2D eigenvalue weighted by Gasteiger charge is 2.38. The Morgan fingerprint density at radius 3 is 2.43 bits per heavy atom. The van der Waals surface area contributed by atoms with E-state index in [1.54, 1.807) is 11.8 Å². The fourth-order valence-corrected chi connectivity index (χ4v) is 6.36. The zero-order chi connectivity index (χ0) is 19.9. The molecule has 0 radical (unpaired) electrons. The third kappa shape index (κ3) is 3.30. The maximum absolute atomic E-state index is 12.5. The van der Waals surface area contributed by atoms with Crippen molar-refractivity contribution in [3.63, 3.8) is 0 Å². The predicted molar refractivity (Wildman–Crippen MR) is 124 cm³/mol. The molecule has 4 rings (SSSR count). The number of thioether (sulfide) groups is 2. The van der Waals surface area contributed by atoms with Gasteiger partial charge in [0.1, 0.15) is 4.91 Å². The van der Waals surface area contributed by atoms with Gasteiger partial charge >= 0.3 is 5.97 Å². The van der Waals surface area contributed by atoms with Gasteiger partial charge in [-0.05, 0) is 25.5 Å². The van der Waals surface area contributed by atoms with Crippen LogP contribution in [0.5, 0.6) is 0 Å². The molecule has 0 atom stereocenters. The van der Waals surface area contributed by atoms with Crippen LogP contribution in [0.3, 0.4) is 0 Å². The number of ether oxygens (including phenoxy) is 1. The van der Waals surface area contributed by atoms with Crippen molar-refractivity contribution in [2.24, 2.45) is 0 Å². The molecule has 0 aromatic heterocycles. The molecule has 2 heterocycles. The van der Waals surface area contributed by atoms with Crippen molar-refractivity contribution in [2.75, 3.05) is 12.4 Å². The summed E-state index contributed by atoms with van der Waals surface area (Å²) in [5, 5.41) is 3.53. The number of thiocarbonyl (C=S) groups is 1. The Kier molecular flexibility index (Phi) is 5.12. The van der Waals surface area contributed by atoms with E-state index in [1.807, 2.05) is 42.5 Å². The van der Waals surface area contributed by atoms with Crippen LogP contribution in [0, 0.1) is 0 Å². The zero-order valence-corrected chi connectivity index (χ0v) is 18.2. The van der Waals surface area contributed by atoms with Crippen LogP contribution in [0.2, 0.25) is 0 Å². The lowest BCUT2D eigenvalue weighted by atomic mass is 9.86. The summed E-state index contributed by atoms with van der Waals surface area (Å²) in [5.74, 6) is -0.320. The first-order chi connectivity index (χ1) is 13.4. The maximum atomic E-state index is 12.5. The topological polar surface area (TPSA) is 38.3 Å². The minimum atomic E-state index is -0.353. The molecule has 1 N–H and O–H groups in total. The number of para-hydroxylation sites is 1. The molecule has 0 fully saturated rings. The highest BCUT2D eigenvalue weighted by Crippen LogP contribution is 2.57. The zero-order valence-electron chi connectivity index (χ0n) is 15.7. The van der Waals surface area contributed by atoms with Gasteiger partial charge < -0.3 is 10.1 Å². The third-order valence-corrected chi connectivity index (χ3v) is 7.99. The maximum Gasteiger partial charge on any atom is 0.345 e. The van der Waals surface area contributed by atoms with Gasteiger partial charge in [0, 0.05) is 26.6 Å². The third-order valence-electron chi connectivity index (χ3n) is 4.64. The average molecular weight is 426 g/mol. The summed E-state index contributed by atoms with van der Waals surface area (Å²) in [4.78, 5) is 14.9. The Balaban J connectivity index is 1.87. The molecule has 2 aliphatic heterocycles. The molecule has 3 nitrogen and oxygen atoms in total. The number of nitrogens with one attached hydrogen (secondary N) is 1. The van der Waals surface area contributed by atoms with Crippen LogP contribution < -0.4 is 5.32 Å². The number of hydrogen-bond acceptors (Lipinski definition) is 6. The minimum Gasteiger partial charge on any atom is -0.465 e. The summed E-state index contributed by atoms with van der Waals surface area (Å²) < 4.78 is 6.08. The van der Waals surface area contributed by atoms with E-state index in [0.717, 1.165) is 36.4 Å². The number of carbonyl (C=O) groups is 1. The van der Waals surface area contributed by atoms with Crippen molar-refractivity contribution in [1.82, 2.24) is 0 Å². The smallest absolute Gasteiger partial charge is 0.345 e. The molecule has 0 aliphatic carbocycles. The van der Waals surface area contributed by atoms with E-state index in [-0.39, 0.29) is 11.5 Å². The van der Waals surface area contributed by atoms with Crippen LogP contribution in [0.15, 0.2) is 63.7 Å². The number of rotatable bonds is 2. The highest BCUT2D eigenvalue weighted by molar-refractivity contribution is 8.32. The molecule has 28 heavy (non-hydrogen) atoms. The van der Waals surface area contributed by atoms with E-state index in [9.17, 15) is 4.79 Å². The highest BCUT2D eigenvalue weighted by atomic mass is 32.2. The Bertz CT molecular complexity index is 1040. The van der Waals surface area contributed by atoms with Gasteiger partial charge in [-0.2, -0.15) is 0 Å². The largest absolute Gasteiger partial charge is 0.465 e. The first kappa shape index (κ1) is 19.3. The second kappa shape index (κ2) is 7.43. The summed E-state index contributed by atoms with van der Waals surface area (Å²) in [5.41, 5.74) is 3.80. The SMILES string of the molecule is COC(=O)C1=C(c2ccccc2)SC(=C2C(=S)C(C)(C)Nc3ccccc32)S1. The van der Waals surface area contributed by atoms with Crippen molar-refractivity contribution in [1.29, 1.82) is 0 Å². The summed E-state index contributed by atoms with van der Waals surface area (Å²) in [6.45, 7) is 4.17. The standard InChI is InChI=1S/C22H19NO2S3/c1-22(2)19(26)16(14-11-7-8-12-15(14)23-22)21-27-17(13-9-5-4-6-10-13)18(28-21)20(24)25-3/h4-12,23H,1-3H3. The van der Waals surface area contributed by atoms with Gasteiger partial charge in [0.2, 0.25) is 0 Å². The van der Waals surface area contributed by atoms with Crippen LogP contribution >= 0.6 is 35.7 Å². The van der Waals surface area contributed by atoms with E-state index < -0.39 is 0 Å². The van der Waals surface area contributed by atoms with Crippen LogP contribution in [0.1, 0.15) is 25.0 Å². The van der Waals surface area contributed by atoms with Gasteiger partial charge in [-0.3, -0.25) is 0 Å². The minimum absolute atomic E-state index is 0.320. The fourth-order valence-electron chi connectivity index (χ4n) is 3.25. The van der Waals surface area contributed by atoms with Gasteiger partial charge in [-0.25, -0.2) is 4.79 Å². The van der Waals surface area contributed by atoms with E-state index in [0.29, 0.717) is 4.91 Å². The number of carbonyl (C=O) groups excluding carboxylic acids is 1. The molecule has 0 spiro atoms. The van der Waals surface area contributed by atoms with Gasteiger partial charge in [0.25, 0.3) is 0 Å². The number of benzene rings is 2. The molecular formula is C22H19NO2S3. The van der Waals surface area contributed by atoms with Crippen molar-refractivity contribution in [3.05, 3.63) is 74.9 Å². The number of hydrogen-bond donors (Lipinski definition) is 1. The lowest BCUT2D eigenvalue weighted by molar-refractivity contribution is -0.135. The summed E-state index contributed by atoms with van der Waals surface area (Å²) in [6, 6.07) is 18.1. The molecule has 2 aromatic carbocycles. The second-order valence-electron chi connectivity index (χ2n) is 7.01. The number of methoxy groups -OCH3 is 1. The Hall–Kier alpha value is -2.02. The molecule has 142 valence electrons. The summed E-state index contributed by atoms with van der Waals surface area (Å²) in [6.07, 6.45) is 0. The van der Waals surface area contributed by atoms with Crippen molar-refractivity contribution < 1.29 is 9.53 Å². The van der Waals surface area contributed by atoms with E-state index in [4.69, 9.17) is 17.0 Å². The number of fused-ring (bicyclic) bond motifs is 1. The quantitative estimate of drug-likeness (QED) is 0.364. The fraction of sp³-hybridized carbons (Fsp3) is 0.182. The van der Waals surface area contributed by atoms with Crippen molar-refractivity contribution >= 4 is 62.7 Å². The lowest BCUT2D eigenvalue weighted by Gasteiger charge is -2.36. The molecule has 0 saturated carbocycles. The first-order valence-corrected chi connectivity index (χ1v) is 10.9. The van der Waals surface area contributed by atoms with Crippen molar-refractivity contribution in [3.8, 4) is 0 Å². The monoisotopic (exact) mass is 425 g/mol. The molecule has 0 saturated heterocycles. The number of anilines is 1. The average Bonchev–Trinajstić information content (AvgIpc) is 3.13. The molecule has 2 aliphatic rings. The summed E-state index contributed by atoms with van der Waals surface area (Å²) in [7, 11) is 1.42. The molecular weight excluding hydrogens is 406 g/mol. The van der Waals surface area contributed by atoms with Crippen LogP contribution in [-0.2, 0) is 9.53 Å². The molecule has 2 aromatic rings. The Morgan fingerprint density at radius 1 is 1.04 bits per heavy atom. The Morgan fingerprint density at radius 2 is 1.71 bits per heavy atom.